The number of rotatable bonds is 3. The highest BCUT2D eigenvalue weighted by molar-refractivity contribution is 7.15. The van der Waals surface area contributed by atoms with E-state index in [0.29, 0.717) is 4.96 Å². The molecule has 0 spiro atoms. The monoisotopic (exact) mass is 381 g/mol. The number of carbonyl (C=O) groups is 2. The fraction of sp³-hybridized carbons (Fsp3) is 0.529. The molecule has 1 atom stereocenters. The lowest BCUT2D eigenvalue weighted by Crippen LogP contribution is -2.43. The van der Waals surface area contributed by atoms with Crippen molar-refractivity contribution in [1.29, 1.82) is 0 Å². The van der Waals surface area contributed by atoms with E-state index < -0.39 is 34.9 Å². The molecule has 1 amide bonds. The molecule has 0 saturated carbocycles. The average Bonchev–Trinajstić information content (AvgIpc) is 2.91. The summed E-state index contributed by atoms with van der Waals surface area (Å²) in [6, 6.07) is -1.33. The van der Waals surface area contributed by atoms with Gasteiger partial charge in [-0.15, -0.1) is 11.3 Å². The van der Waals surface area contributed by atoms with Crippen molar-refractivity contribution in [3.63, 3.8) is 0 Å². The van der Waals surface area contributed by atoms with E-state index in [9.17, 15) is 14.4 Å². The van der Waals surface area contributed by atoms with Crippen LogP contribution in [-0.2, 0) is 14.3 Å². The van der Waals surface area contributed by atoms with Gasteiger partial charge in [-0.2, -0.15) is 0 Å². The highest BCUT2D eigenvalue weighted by Crippen LogP contribution is 2.18. The maximum absolute atomic E-state index is 12.7. The number of esters is 1. The molecule has 0 aliphatic carbocycles. The van der Waals surface area contributed by atoms with Crippen LogP contribution >= 0.6 is 11.3 Å². The van der Waals surface area contributed by atoms with Gasteiger partial charge in [0.25, 0.3) is 5.56 Å². The molecule has 0 aromatic carbocycles. The molecule has 0 aliphatic heterocycles. The molecular formula is C17H23N3O5S. The van der Waals surface area contributed by atoms with Crippen LogP contribution in [0.25, 0.3) is 4.96 Å². The number of amides is 1. The van der Waals surface area contributed by atoms with E-state index in [2.05, 4.69) is 10.3 Å². The predicted molar refractivity (Wildman–Crippen MR) is 97.3 cm³/mol. The molecule has 9 heteroatoms. The van der Waals surface area contributed by atoms with Crippen molar-refractivity contribution in [2.75, 3.05) is 0 Å². The second-order valence-corrected chi connectivity index (χ2v) is 8.56. The van der Waals surface area contributed by atoms with Crippen molar-refractivity contribution in [3.8, 4) is 0 Å². The standard InChI is InChI=1S/C17H23N3O5S/c1-16(2,3)24-13(22)11(19-15(23)25-17(4,5)6)10-9-18-14-20(12(10)21)7-8-26-14/h7-9,11H,1-6H3,(H,19,23)/t11-/m0/s1. The summed E-state index contributed by atoms with van der Waals surface area (Å²) in [7, 11) is 0. The van der Waals surface area contributed by atoms with Gasteiger partial charge >= 0.3 is 12.1 Å². The highest BCUT2D eigenvalue weighted by atomic mass is 32.1. The molecule has 8 nitrogen and oxygen atoms in total. The molecule has 2 aromatic rings. The molecule has 0 unspecified atom stereocenters. The number of aromatic nitrogens is 2. The largest absolute Gasteiger partial charge is 0.458 e. The highest BCUT2D eigenvalue weighted by Gasteiger charge is 2.32. The number of carbonyl (C=O) groups excluding carboxylic acids is 2. The molecule has 2 heterocycles. The Labute approximate surface area is 155 Å². The first-order valence-corrected chi connectivity index (χ1v) is 8.92. The molecular weight excluding hydrogens is 358 g/mol. The van der Waals surface area contributed by atoms with E-state index in [0.717, 1.165) is 0 Å². The molecule has 142 valence electrons. The van der Waals surface area contributed by atoms with Crippen LogP contribution in [0.4, 0.5) is 4.79 Å². The van der Waals surface area contributed by atoms with Gasteiger partial charge in [-0.1, -0.05) is 0 Å². The van der Waals surface area contributed by atoms with Gasteiger partial charge < -0.3 is 14.8 Å². The predicted octanol–water partition coefficient (Wildman–Crippen LogP) is 2.66. The lowest BCUT2D eigenvalue weighted by Gasteiger charge is -2.26. The van der Waals surface area contributed by atoms with Crippen LogP contribution in [0, 0.1) is 0 Å². The molecule has 0 fully saturated rings. The van der Waals surface area contributed by atoms with Crippen LogP contribution in [0.2, 0.25) is 0 Å². The molecule has 0 bridgehead atoms. The first-order chi connectivity index (χ1) is 11.9. The minimum absolute atomic E-state index is 0.000934. The number of nitrogens with one attached hydrogen (secondary N) is 1. The zero-order valence-corrected chi connectivity index (χ0v) is 16.5. The van der Waals surface area contributed by atoms with E-state index >= 15 is 0 Å². The zero-order chi connectivity index (χ0) is 19.7. The Morgan fingerprint density at radius 1 is 1.15 bits per heavy atom. The number of alkyl carbamates (subject to hydrolysis) is 1. The van der Waals surface area contributed by atoms with Crippen LogP contribution in [0.3, 0.4) is 0 Å². The van der Waals surface area contributed by atoms with Crippen molar-refractivity contribution in [3.05, 3.63) is 33.7 Å². The molecule has 0 radical (unpaired) electrons. The third-order valence-corrected chi connectivity index (χ3v) is 3.75. The zero-order valence-electron chi connectivity index (χ0n) is 15.7. The van der Waals surface area contributed by atoms with E-state index in [4.69, 9.17) is 9.47 Å². The van der Waals surface area contributed by atoms with Crippen molar-refractivity contribution in [1.82, 2.24) is 14.7 Å². The lowest BCUT2D eigenvalue weighted by molar-refractivity contribution is -0.157. The second kappa shape index (κ2) is 7.06. The van der Waals surface area contributed by atoms with Crippen molar-refractivity contribution >= 4 is 28.4 Å². The third kappa shape index (κ3) is 5.04. The molecule has 0 aliphatic rings. The quantitative estimate of drug-likeness (QED) is 0.821. The number of hydrogen-bond donors (Lipinski definition) is 1. The summed E-state index contributed by atoms with van der Waals surface area (Å²) in [5, 5.41) is 4.13. The summed E-state index contributed by atoms with van der Waals surface area (Å²) < 4.78 is 11.9. The number of nitrogens with zero attached hydrogens (tertiary/aromatic N) is 2. The Morgan fingerprint density at radius 2 is 1.77 bits per heavy atom. The van der Waals surface area contributed by atoms with Crippen molar-refractivity contribution in [2.24, 2.45) is 0 Å². The molecule has 2 aromatic heterocycles. The van der Waals surface area contributed by atoms with Gasteiger partial charge in [-0.3, -0.25) is 9.20 Å². The Kier molecular flexibility index (Phi) is 5.41. The fourth-order valence-corrected chi connectivity index (χ4v) is 2.76. The van der Waals surface area contributed by atoms with Gasteiger partial charge in [0.2, 0.25) is 0 Å². The topological polar surface area (TPSA) is 99.0 Å². The normalized spacial score (nSPS) is 13.3. The molecule has 1 N–H and O–H groups in total. The summed E-state index contributed by atoms with van der Waals surface area (Å²) in [5.74, 6) is -0.766. The van der Waals surface area contributed by atoms with E-state index in [1.54, 1.807) is 53.1 Å². The molecule has 0 saturated heterocycles. The van der Waals surface area contributed by atoms with Crippen LogP contribution in [-0.4, -0.2) is 32.6 Å². The Hall–Kier alpha value is -2.42. The second-order valence-electron chi connectivity index (χ2n) is 7.69. The Bertz CT molecular complexity index is 873. The van der Waals surface area contributed by atoms with Crippen LogP contribution < -0.4 is 10.9 Å². The first-order valence-electron chi connectivity index (χ1n) is 8.04. The number of ether oxygens (including phenoxy) is 2. The van der Waals surface area contributed by atoms with Gasteiger partial charge in [-0.05, 0) is 41.5 Å². The summed E-state index contributed by atoms with van der Waals surface area (Å²) in [5.41, 5.74) is -2.00. The van der Waals surface area contributed by atoms with Gasteiger partial charge in [0, 0.05) is 17.8 Å². The minimum Gasteiger partial charge on any atom is -0.458 e. The van der Waals surface area contributed by atoms with Gasteiger partial charge in [0.05, 0.1) is 5.56 Å². The van der Waals surface area contributed by atoms with Crippen LogP contribution in [0.1, 0.15) is 53.1 Å². The van der Waals surface area contributed by atoms with E-state index in [1.807, 2.05) is 0 Å². The van der Waals surface area contributed by atoms with E-state index in [-0.39, 0.29) is 5.56 Å². The summed E-state index contributed by atoms with van der Waals surface area (Å²) in [6.07, 6.45) is 2.00. The Balaban J connectivity index is 2.41. The number of fused-ring (bicyclic) bond motifs is 1. The van der Waals surface area contributed by atoms with Gasteiger partial charge in [0.1, 0.15) is 11.2 Å². The summed E-state index contributed by atoms with van der Waals surface area (Å²) >= 11 is 1.29. The van der Waals surface area contributed by atoms with Crippen molar-refractivity contribution < 1.29 is 19.1 Å². The van der Waals surface area contributed by atoms with E-state index in [1.165, 1.54) is 21.9 Å². The van der Waals surface area contributed by atoms with Gasteiger partial charge in [-0.25, -0.2) is 14.6 Å². The Morgan fingerprint density at radius 3 is 2.35 bits per heavy atom. The fourth-order valence-electron chi connectivity index (χ4n) is 2.09. The SMILES string of the molecule is CC(C)(C)OC(=O)N[C@H](C(=O)OC(C)(C)C)c1cnc2sccn2c1=O. The molecule has 26 heavy (non-hydrogen) atoms. The third-order valence-electron chi connectivity index (χ3n) is 2.98. The maximum Gasteiger partial charge on any atom is 0.408 e. The van der Waals surface area contributed by atoms with Gasteiger partial charge in [0.15, 0.2) is 11.0 Å². The minimum atomic E-state index is -1.33. The number of thiazole rings is 1. The van der Waals surface area contributed by atoms with Crippen LogP contribution in [0.15, 0.2) is 22.6 Å². The first kappa shape index (κ1) is 19.9. The van der Waals surface area contributed by atoms with Crippen LogP contribution in [0.5, 0.6) is 0 Å². The lowest BCUT2D eigenvalue weighted by atomic mass is 10.1. The summed E-state index contributed by atoms with van der Waals surface area (Å²) in [4.78, 5) is 42.1. The summed E-state index contributed by atoms with van der Waals surface area (Å²) in [6.45, 7) is 10.2. The maximum atomic E-state index is 12.7. The number of hydrogen-bond acceptors (Lipinski definition) is 7. The smallest absolute Gasteiger partial charge is 0.408 e. The van der Waals surface area contributed by atoms with Crippen molar-refractivity contribution in [2.45, 2.75) is 58.8 Å². The average molecular weight is 381 g/mol. The molecule has 2 rings (SSSR count).